The van der Waals surface area contributed by atoms with Gasteiger partial charge in [0.05, 0.1) is 13.7 Å². The van der Waals surface area contributed by atoms with Crippen LogP contribution >= 0.6 is 0 Å². The molecule has 0 radical (unpaired) electrons. The third kappa shape index (κ3) is 4.38. The number of furan rings is 2. The average molecular weight is 673 g/mol. The van der Waals surface area contributed by atoms with Crippen molar-refractivity contribution in [1.82, 2.24) is 0 Å². The Hall–Kier alpha value is -6.90. The number of hydrogen-bond donors (Lipinski definition) is 0. The van der Waals surface area contributed by atoms with Crippen LogP contribution in [0.4, 0.5) is 0 Å². The molecule has 0 spiro atoms. The van der Waals surface area contributed by atoms with E-state index in [2.05, 4.69) is 42.5 Å². The minimum absolute atomic E-state index is 0.0574. The fourth-order valence-electron chi connectivity index (χ4n) is 7.80. The number of benzene rings is 9. The van der Waals surface area contributed by atoms with Crippen LogP contribution in [0.3, 0.4) is 0 Å². The molecule has 11 rings (SSSR count). The highest BCUT2D eigenvalue weighted by Gasteiger charge is 2.23. The van der Waals surface area contributed by atoms with Crippen LogP contribution in [0.1, 0.15) is 13.7 Å². The fraction of sp³-hybridized carbons (Fsp3) is 0. The van der Waals surface area contributed by atoms with Gasteiger partial charge in [0.25, 0.3) is 0 Å². The predicted molar refractivity (Wildman–Crippen MR) is 218 cm³/mol. The van der Waals surface area contributed by atoms with E-state index >= 15 is 0 Å². The van der Waals surface area contributed by atoms with Gasteiger partial charge in [-0.25, -0.2) is 0 Å². The van der Waals surface area contributed by atoms with Crippen LogP contribution in [0, 0.1) is 0 Å². The van der Waals surface area contributed by atoms with E-state index in [-0.39, 0.29) is 29.0 Å². The quantitative estimate of drug-likeness (QED) is 0.174. The van der Waals surface area contributed by atoms with E-state index in [1.807, 2.05) is 66.7 Å². The number of para-hydroxylation sites is 1. The molecule has 9 aromatic carbocycles. The van der Waals surface area contributed by atoms with Gasteiger partial charge in [-0.05, 0) is 96.5 Å². The zero-order valence-corrected chi connectivity index (χ0v) is 27.4. The predicted octanol–water partition coefficient (Wildman–Crippen LogP) is 14.5. The van der Waals surface area contributed by atoms with Crippen LogP contribution in [-0.2, 0) is 0 Å². The maximum Gasteiger partial charge on any atom is 0.136 e. The summed E-state index contributed by atoms with van der Waals surface area (Å²) in [6.07, 6.45) is 0. The molecule has 0 unspecified atom stereocenters. The van der Waals surface area contributed by atoms with E-state index < -0.39 is 48.3 Å². The van der Waals surface area contributed by atoms with E-state index in [0.29, 0.717) is 32.9 Å². The summed E-state index contributed by atoms with van der Waals surface area (Å²) in [6, 6.07) is 35.1. The zero-order chi connectivity index (χ0) is 42.9. The molecular weight excluding hydrogens is 633 g/mol. The van der Waals surface area contributed by atoms with Crippen LogP contribution in [0.5, 0.6) is 0 Å². The van der Waals surface area contributed by atoms with Crippen molar-refractivity contribution in [1.29, 1.82) is 0 Å². The first-order chi connectivity index (χ1) is 29.9. The molecule has 0 atom stereocenters. The molecule has 0 saturated heterocycles. The first kappa shape index (κ1) is 20.7. The molecule has 2 heterocycles. The molecule has 2 nitrogen and oxygen atoms in total. The van der Waals surface area contributed by atoms with Crippen molar-refractivity contribution in [3.05, 3.63) is 182 Å². The SMILES string of the molecule is [2H]c1c([2H])c([2H])c(-c2ccc3cc4oc(-c5c([2H])c([2H])c([2H])c([2H])c5[2H])cc4c(-c4c5ccccc5c(-c5ccc6c(c5)oc5ccccc56)c5ccccc45)c3c2)c([2H])c1[2H]. The van der Waals surface area contributed by atoms with E-state index in [1.54, 1.807) is 12.1 Å². The Bertz CT molecular complexity index is 3590. The Balaban J connectivity index is 1.28. The summed E-state index contributed by atoms with van der Waals surface area (Å²) in [5.41, 5.74) is 5.82. The average Bonchev–Trinajstić information content (AvgIpc) is 3.88. The van der Waals surface area contributed by atoms with Gasteiger partial charge in [-0.1, -0.05) is 145 Å². The van der Waals surface area contributed by atoms with Gasteiger partial charge < -0.3 is 8.83 Å². The molecule has 0 aliphatic heterocycles. The summed E-state index contributed by atoms with van der Waals surface area (Å²) in [6.45, 7) is 0. The molecule has 11 aromatic rings. The molecule has 0 aliphatic carbocycles. The summed E-state index contributed by atoms with van der Waals surface area (Å²) in [5, 5.41) is 7.68. The molecule has 0 aliphatic rings. The Morgan fingerprint density at radius 2 is 0.885 bits per heavy atom. The van der Waals surface area contributed by atoms with Crippen LogP contribution in [0.25, 0.3) is 110 Å². The van der Waals surface area contributed by atoms with Gasteiger partial charge >= 0.3 is 0 Å². The number of hydrogen-bond acceptors (Lipinski definition) is 2. The molecule has 0 bridgehead atoms. The summed E-state index contributed by atoms with van der Waals surface area (Å²) >= 11 is 0. The Morgan fingerprint density at radius 1 is 0.327 bits per heavy atom. The molecule has 2 aromatic heterocycles. The number of rotatable bonds is 4. The highest BCUT2D eigenvalue weighted by molar-refractivity contribution is 6.27. The van der Waals surface area contributed by atoms with E-state index in [4.69, 9.17) is 22.5 Å². The second-order valence-electron chi connectivity index (χ2n) is 12.9. The summed E-state index contributed by atoms with van der Waals surface area (Å²) < 4.78 is 98.3. The topological polar surface area (TPSA) is 26.3 Å². The second kappa shape index (κ2) is 11.3. The highest BCUT2D eigenvalue weighted by Crippen LogP contribution is 2.49. The number of fused-ring (bicyclic) bond motifs is 7. The standard InChI is InChI=1S/C50H30O2/c1-3-13-31(14-4-1)33-23-24-34-28-47-43(30-45(52-47)32-15-5-2-6-16-32)50(42(34)27-33)49-40-20-9-7-18-38(40)48(39-19-8-10-21-41(39)49)35-25-26-37-36-17-11-12-22-44(36)51-46(37)29-35/h1-30H/i1D,2D,3D,4D,5D,6D,13D,14D,15D,16D. The van der Waals surface area contributed by atoms with Crippen LogP contribution < -0.4 is 0 Å². The Labute approximate surface area is 313 Å². The Morgan fingerprint density at radius 3 is 1.60 bits per heavy atom. The van der Waals surface area contributed by atoms with Crippen molar-refractivity contribution in [2.24, 2.45) is 0 Å². The maximum atomic E-state index is 8.85. The van der Waals surface area contributed by atoms with E-state index in [0.717, 1.165) is 60.2 Å². The third-order valence-corrected chi connectivity index (χ3v) is 10.0. The van der Waals surface area contributed by atoms with Crippen molar-refractivity contribution in [2.45, 2.75) is 0 Å². The molecule has 52 heavy (non-hydrogen) atoms. The van der Waals surface area contributed by atoms with Crippen molar-refractivity contribution in [3.8, 4) is 44.7 Å². The van der Waals surface area contributed by atoms with Crippen LogP contribution in [-0.4, -0.2) is 0 Å². The van der Waals surface area contributed by atoms with Crippen molar-refractivity contribution < 1.29 is 22.5 Å². The molecular formula is C50H30O2. The largest absolute Gasteiger partial charge is 0.456 e. The summed E-state index contributed by atoms with van der Waals surface area (Å²) in [5.74, 6) is 0.0868. The summed E-state index contributed by atoms with van der Waals surface area (Å²) in [4.78, 5) is 0. The summed E-state index contributed by atoms with van der Waals surface area (Å²) in [7, 11) is 0. The van der Waals surface area contributed by atoms with Gasteiger partial charge in [0.2, 0.25) is 0 Å². The van der Waals surface area contributed by atoms with Gasteiger partial charge in [0.15, 0.2) is 0 Å². The first-order valence-corrected chi connectivity index (χ1v) is 16.9. The van der Waals surface area contributed by atoms with Gasteiger partial charge in [-0.15, -0.1) is 0 Å². The lowest BCUT2D eigenvalue weighted by molar-refractivity contribution is 0.632. The second-order valence-corrected chi connectivity index (χ2v) is 12.9. The van der Waals surface area contributed by atoms with E-state index in [1.165, 1.54) is 0 Å². The minimum Gasteiger partial charge on any atom is -0.456 e. The molecule has 0 amide bonds. The molecule has 0 saturated carbocycles. The van der Waals surface area contributed by atoms with Gasteiger partial charge in [0, 0.05) is 27.3 Å². The maximum absolute atomic E-state index is 8.85. The van der Waals surface area contributed by atoms with Crippen LogP contribution in [0.15, 0.2) is 191 Å². The zero-order valence-electron chi connectivity index (χ0n) is 37.4. The van der Waals surface area contributed by atoms with E-state index in [9.17, 15) is 0 Å². The monoisotopic (exact) mass is 672 g/mol. The molecule has 0 fully saturated rings. The minimum atomic E-state index is -0.510. The van der Waals surface area contributed by atoms with Crippen molar-refractivity contribution >= 4 is 65.2 Å². The van der Waals surface area contributed by atoms with Gasteiger partial charge in [0.1, 0.15) is 22.5 Å². The first-order valence-electron chi connectivity index (χ1n) is 21.9. The molecule has 0 N–H and O–H groups in total. The van der Waals surface area contributed by atoms with Crippen molar-refractivity contribution in [3.63, 3.8) is 0 Å². The lowest BCUT2D eigenvalue weighted by atomic mass is 9.83. The fourth-order valence-corrected chi connectivity index (χ4v) is 7.80. The van der Waals surface area contributed by atoms with Crippen molar-refractivity contribution in [2.75, 3.05) is 0 Å². The highest BCUT2D eigenvalue weighted by atomic mass is 16.3. The molecule has 242 valence electrons. The lowest BCUT2D eigenvalue weighted by Gasteiger charge is -2.19. The normalized spacial score (nSPS) is 14.5. The molecule has 2 heteroatoms. The Kier molecular flexibility index (Phi) is 4.50. The smallest absolute Gasteiger partial charge is 0.136 e. The lowest BCUT2D eigenvalue weighted by Crippen LogP contribution is -1.92. The third-order valence-electron chi connectivity index (χ3n) is 10.0. The van der Waals surface area contributed by atoms with Gasteiger partial charge in [-0.2, -0.15) is 0 Å². The van der Waals surface area contributed by atoms with Crippen LogP contribution in [0.2, 0.25) is 0 Å². The van der Waals surface area contributed by atoms with Gasteiger partial charge in [-0.3, -0.25) is 0 Å².